The lowest BCUT2D eigenvalue weighted by atomic mass is 9.95. The molecule has 0 aromatic heterocycles. The maximum absolute atomic E-state index is 3.87. The molecule has 1 nitrogen and oxygen atoms in total. The van der Waals surface area contributed by atoms with Crippen molar-refractivity contribution in [2.75, 3.05) is 0 Å². The van der Waals surface area contributed by atoms with Crippen LogP contribution in [0, 0.1) is 11.8 Å². The Morgan fingerprint density at radius 2 is 1.75 bits per heavy atom. The maximum atomic E-state index is 3.87. The van der Waals surface area contributed by atoms with Gasteiger partial charge < -0.3 is 5.32 Å². The van der Waals surface area contributed by atoms with E-state index in [4.69, 9.17) is 0 Å². The van der Waals surface area contributed by atoms with Crippen molar-refractivity contribution in [3.8, 4) is 0 Å². The summed E-state index contributed by atoms with van der Waals surface area (Å²) in [6.07, 6.45) is 2.68. The maximum Gasteiger partial charge on any atom is 0.0300 e. The largest absolute Gasteiger partial charge is 0.307 e. The molecule has 1 aliphatic rings. The molecule has 0 saturated heterocycles. The molecule has 0 bridgehead atoms. The summed E-state index contributed by atoms with van der Waals surface area (Å²) in [4.78, 5) is 0. The Kier molecular flexibility index (Phi) is 3.80. The summed E-state index contributed by atoms with van der Waals surface area (Å²) >= 11 is 0. The molecule has 1 aliphatic carbocycles. The van der Waals surface area contributed by atoms with E-state index in [2.05, 4.69) is 68.6 Å². The minimum Gasteiger partial charge on any atom is -0.307 e. The Hall–Kier alpha value is -1.34. The minimum atomic E-state index is 0.416. The number of hydrogen-bond donors (Lipinski definition) is 1. The van der Waals surface area contributed by atoms with Gasteiger partial charge in [-0.1, -0.05) is 56.3 Å². The Bertz CT molecular complexity index is 584. The number of fused-ring (bicyclic) bond motifs is 1. The van der Waals surface area contributed by atoms with E-state index < -0.39 is 0 Å². The van der Waals surface area contributed by atoms with Crippen LogP contribution in [0.25, 0.3) is 10.8 Å². The van der Waals surface area contributed by atoms with Gasteiger partial charge >= 0.3 is 0 Å². The number of nitrogens with one attached hydrogen (secondary N) is 1. The second kappa shape index (κ2) is 5.57. The number of benzene rings is 2. The van der Waals surface area contributed by atoms with Gasteiger partial charge in [-0.25, -0.2) is 0 Å². The van der Waals surface area contributed by atoms with E-state index in [1.54, 1.807) is 0 Å². The molecule has 1 fully saturated rings. The summed E-state index contributed by atoms with van der Waals surface area (Å²) in [5, 5.41) is 6.59. The highest BCUT2D eigenvalue weighted by molar-refractivity contribution is 5.86. The van der Waals surface area contributed by atoms with Gasteiger partial charge in [0.1, 0.15) is 0 Å². The minimum absolute atomic E-state index is 0.416. The first-order valence-electron chi connectivity index (χ1n) is 7.90. The van der Waals surface area contributed by atoms with E-state index in [1.165, 1.54) is 29.2 Å². The standard InChI is InChI=1S/C19H25N/c1-13-11-12-19(14(13)2)20-15(3)17-10-6-8-16-7-4-5-9-18(16)17/h4-10,13-15,19-20H,11-12H2,1-3H3. The van der Waals surface area contributed by atoms with E-state index in [0.29, 0.717) is 12.1 Å². The zero-order valence-electron chi connectivity index (χ0n) is 12.8. The molecule has 1 saturated carbocycles. The Balaban J connectivity index is 1.84. The van der Waals surface area contributed by atoms with E-state index >= 15 is 0 Å². The Morgan fingerprint density at radius 1 is 1.00 bits per heavy atom. The molecule has 0 heterocycles. The number of rotatable bonds is 3. The lowest BCUT2D eigenvalue weighted by Crippen LogP contribution is -2.34. The Morgan fingerprint density at radius 3 is 2.50 bits per heavy atom. The quantitative estimate of drug-likeness (QED) is 0.832. The topological polar surface area (TPSA) is 12.0 Å². The molecular weight excluding hydrogens is 242 g/mol. The predicted octanol–water partition coefficient (Wildman–Crippen LogP) is 4.93. The predicted molar refractivity (Wildman–Crippen MR) is 86.8 cm³/mol. The van der Waals surface area contributed by atoms with Gasteiger partial charge in [-0.2, -0.15) is 0 Å². The van der Waals surface area contributed by atoms with Gasteiger partial charge in [0.2, 0.25) is 0 Å². The van der Waals surface area contributed by atoms with Crippen molar-refractivity contribution in [1.82, 2.24) is 5.32 Å². The van der Waals surface area contributed by atoms with Crippen molar-refractivity contribution in [2.24, 2.45) is 11.8 Å². The fourth-order valence-electron chi connectivity index (χ4n) is 3.64. The molecule has 0 aliphatic heterocycles. The molecule has 2 aromatic rings. The van der Waals surface area contributed by atoms with Crippen molar-refractivity contribution in [2.45, 2.75) is 45.7 Å². The van der Waals surface area contributed by atoms with Crippen molar-refractivity contribution >= 4 is 10.8 Å². The van der Waals surface area contributed by atoms with Crippen LogP contribution in [0.5, 0.6) is 0 Å². The van der Waals surface area contributed by atoms with Gasteiger partial charge in [-0.05, 0) is 47.9 Å². The van der Waals surface area contributed by atoms with Gasteiger partial charge in [0.15, 0.2) is 0 Å². The van der Waals surface area contributed by atoms with Gasteiger partial charge in [0.05, 0.1) is 0 Å². The van der Waals surface area contributed by atoms with E-state index in [1.807, 2.05) is 0 Å². The van der Waals surface area contributed by atoms with Gasteiger partial charge in [0.25, 0.3) is 0 Å². The first kappa shape index (κ1) is 13.6. The highest BCUT2D eigenvalue weighted by atomic mass is 15.0. The van der Waals surface area contributed by atoms with Crippen LogP contribution in [0.1, 0.15) is 45.2 Å². The SMILES string of the molecule is CC(NC1CCC(C)C1C)c1cccc2ccccc12. The van der Waals surface area contributed by atoms with E-state index in [9.17, 15) is 0 Å². The van der Waals surface area contributed by atoms with Crippen molar-refractivity contribution in [3.63, 3.8) is 0 Å². The first-order valence-corrected chi connectivity index (χ1v) is 7.90. The second-order valence-corrected chi connectivity index (χ2v) is 6.48. The average molecular weight is 267 g/mol. The van der Waals surface area contributed by atoms with Crippen molar-refractivity contribution < 1.29 is 0 Å². The zero-order chi connectivity index (χ0) is 14.1. The lowest BCUT2D eigenvalue weighted by molar-refractivity contribution is 0.347. The summed E-state index contributed by atoms with van der Waals surface area (Å²) in [7, 11) is 0. The molecule has 0 amide bonds. The summed E-state index contributed by atoms with van der Waals surface area (Å²) < 4.78 is 0. The molecule has 2 aromatic carbocycles. The molecule has 106 valence electrons. The summed E-state index contributed by atoms with van der Waals surface area (Å²) in [5.74, 6) is 1.64. The smallest absolute Gasteiger partial charge is 0.0300 e. The van der Waals surface area contributed by atoms with Crippen LogP contribution in [0.15, 0.2) is 42.5 Å². The normalized spacial score (nSPS) is 27.9. The first-order chi connectivity index (χ1) is 9.66. The van der Waals surface area contributed by atoms with Crippen LogP contribution in [0.3, 0.4) is 0 Å². The molecule has 20 heavy (non-hydrogen) atoms. The van der Waals surface area contributed by atoms with E-state index in [-0.39, 0.29) is 0 Å². The van der Waals surface area contributed by atoms with Crippen LogP contribution < -0.4 is 5.32 Å². The summed E-state index contributed by atoms with van der Waals surface area (Å²) in [5.41, 5.74) is 1.43. The van der Waals surface area contributed by atoms with Crippen LogP contribution in [-0.2, 0) is 0 Å². The van der Waals surface area contributed by atoms with Crippen molar-refractivity contribution in [1.29, 1.82) is 0 Å². The third-order valence-electron chi connectivity index (χ3n) is 5.22. The zero-order valence-corrected chi connectivity index (χ0v) is 12.8. The lowest BCUT2D eigenvalue weighted by Gasteiger charge is -2.25. The molecule has 4 atom stereocenters. The molecule has 0 radical (unpaired) electrons. The summed E-state index contributed by atoms with van der Waals surface area (Å²) in [6, 6.07) is 16.4. The van der Waals surface area contributed by atoms with Gasteiger partial charge in [-0.3, -0.25) is 0 Å². The van der Waals surface area contributed by atoms with Crippen LogP contribution in [0.2, 0.25) is 0 Å². The second-order valence-electron chi connectivity index (χ2n) is 6.48. The van der Waals surface area contributed by atoms with Crippen LogP contribution in [0.4, 0.5) is 0 Å². The average Bonchev–Trinajstić information content (AvgIpc) is 2.78. The van der Waals surface area contributed by atoms with Gasteiger partial charge in [-0.15, -0.1) is 0 Å². The highest BCUT2D eigenvalue weighted by Crippen LogP contribution is 2.33. The molecule has 3 rings (SSSR count). The monoisotopic (exact) mass is 267 g/mol. The van der Waals surface area contributed by atoms with Crippen LogP contribution >= 0.6 is 0 Å². The van der Waals surface area contributed by atoms with E-state index in [0.717, 1.165) is 11.8 Å². The molecule has 1 N–H and O–H groups in total. The van der Waals surface area contributed by atoms with Crippen LogP contribution in [-0.4, -0.2) is 6.04 Å². The fraction of sp³-hybridized carbons (Fsp3) is 0.474. The Labute approximate surface area is 122 Å². The molecule has 1 heteroatoms. The summed E-state index contributed by atoms with van der Waals surface area (Å²) in [6.45, 7) is 7.08. The molecule has 4 unspecified atom stereocenters. The molecule has 0 spiro atoms. The highest BCUT2D eigenvalue weighted by Gasteiger charge is 2.30. The molecular formula is C19H25N. The van der Waals surface area contributed by atoms with Gasteiger partial charge in [0, 0.05) is 12.1 Å². The third kappa shape index (κ3) is 2.47. The van der Waals surface area contributed by atoms with Crippen molar-refractivity contribution in [3.05, 3.63) is 48.0 Å². The third-order valence-corrected chi connectivity index (χ3v) is 5.22. The fourth-order valence-corrected chi connectivity index (χ4v) is 3.64. The number of hydrogen-bond acceptors (Lipinski definition) is 1.